The zero-order valence-electron chi connectivity index (χ0n) is 13.2. The summed E-state index contributed by atoms with van der Waals surface area (Å²) in [5.74, 6) is 1.20. The van der Waals surface area contributed by atoms with E-state index < -0.39 is 0 Å². The molecule has 0 bridgehead atoms. The maximum atomic E-state index is 5.69. The van der Waals surface area contributed by atoms with Gasteiger partial charge in [-0.15, -0.1) is 6.58 Å². The fraction of sp³-hybridized carbons (Fsp3) is 0.875. The van der Waals surface area contributed by atoms with E-state index in [9.17, 15) is 0 Å². The Morgan fingerprint density at radius 2 is 1.37 bits per heavy atom. The second-order valence-corrected chi connectivity index (χ2v) is 5.35. The lowest BCUT2D eigenvalue weighted by molar-refractivity contribution is -0.0604. The van der Waals surface area contributed by atoms with Crippen molar-refractivity contribution >= 4 is 0 Å². The van der Waals surface area contributed by atoms with Crippen LogP contribution in [0.25, 0.3) is 0 Å². The Hall–Kier alpha value is -0.380. The maximum Gasteiger partial charge on any atom is 0.104 e. The van der Waals surface area contributed by atoms with E-state index in [4.69, 9.17) is 14.2 Å². The van der Waals surface area contributed by atoms with E-state index in [0.29, 0.717) is 31.7 Å². The molecule has 0 heterocycles. The Morgan fingerprint density at radius 3 is 1.74 bits per heavy atom. The molecule has 0 aliphatic rings. The van der Waals surface area contributed by atoms with Crippen LogP contribution >= 0.6 is 0 Å². The monoisotopic (exact) mass is 272 g/mol. The van der Waals surface area contributed by atoms with Crippen LogP contribution in [-0.4, -0.2) is 39.1 Å². The summed E-state index contributed by atoms with van der Waals surface area (Å²) in [6, 6.07) is 0. The normalized spacial score (nSPS) is 16.0. The average molecular weight is 272 g/mol. The molecule has 3 heteroatoms. The Morgan fingerprint density at radius 1 is 0.895 bits per heavy atom. The molecule has 0 N–H and O–H groups in total. The molecule has 3 nitrogen and oxygen atoms in total. The molecule has 0 aromatic heterocycles. The number of ether oxygens (including phenoxy) is 3. The third-order valence-corrected chi connectivity index (χ3v) is 3.26. The van der Waals surface area contributed by atoms with E-state index in [-0.39, 0.29) is 6.10 Å². The van der Waals surface area contributed by atoms with Crippen LogP contribution in [0.5, 0.6) is 0 Å². The van der Waals surface area contributed by atoms with E-state index >= 15 is 0 Å². The first-order valence-corrected chi connectivity index (χ1v) is 7.51. The smallest absolute Gasteiger partial charge is 0.104 e. The van der Waals surface area contributed by atoms with Crippen molar-refractivity contribution in [2.45, 2.75) is 46.6 Å². The molecule has 0 aliphatic carbocycles. The van der Waals surface area contributed by atoms with Crippen molar-refractivity contribution in [2.75, 3.05) is 33.0 Å². The summed E-state index contributed by atoms with van der Waals surface area (Å²) in [5, 5.41) is 0. The van der Waals surface area contributed by atoms with Gasteiger partial charge in [-0.05, 0) is 11.8 Å². The van der Waals surface area contributed by atoms with Crippen LogP contribution in [0.1, 0.15) is 40.5 Å². The summed E-state index contributed by atoms with van der Waals surface area (Å²) in [6.45, 7) is 15.7. The van der Waals surface area contributed by atoms with Crippen LogP contribution in [0, 0.1) is 11.8 Å². The molecule has 0 amide bonds. The molecule has 0 aliphatic heterocycles. The lowest BCUT2D eigenvalue weighted by atomic mass is 10.1. The van der Waals surface area contributed by atoms with Crippen LogP contribution < -0.4 is 0 Å². The average Bonchev–Trinajstić information content (AvgIpc) is 2.43. The third-order valence-electron chi connectivity index (χ3n) is 3.26. The summed E-state index contributed by atoms with van der Waals surface area (Å²) in [6.07, 6.45) is 4.05. The van der Waals surface area contributed by atoms with Gasteiger partial charge in [0.1, 0.15) is 6.10 Å². The molecule has 0 aromatic rings. The first-order chi connectivity index (χ1) is 9.13. The first-order valence-electron chi connectivity index (χ1n) is 7.51. The Kier molecular flexibility index (Phi) is 12.4. The molecule has 0 saturated carbocycles. The Balaban J connectivity index is 3.83. The molecular weight excluding hydrogens is 240 g/mol. The van der Waals surface area contributed by atoms with Crippen molar-refractivity contribution in [2.24, 2.45) is 11.8 Å². The first kappa shape index (κ1) is 18.6. The predicted octanol–water partition coefficient (Wildman–Crippen LogP) is 3.68. The summed E-state index contributed by atoms with van der Waals surface area (Å²) in [5.41, 5.74) is 0. The fourth-order valence-corrected chi connectivity index (χ4v) is 1.39. The van der Waals surface area contributed by atoms with Gasteiger partial charge in [-0.2, -0.15) is 0 Å². The summed E-state index contributed by atoms with van der Waals surface area (Å²) >= 11 is 0. The Labute approximate surface area is 119 Å². The minimum atomic E-state index is 0.00566. The molecule has 0 radical (unpaired) electrons. The van der Waals surface area contributed by atoms with Gasteiger partial charge < -0.3 is 14.2 Å². The lowest BCUT2D eigenvalue weighted by Crippen LogP contribution is -2.27. The van der Waals surface area contributed by atoms with E-state index in [2.05, 4.69) is 34.3 Å². The lowest BCUT2D eigenvalue weighted by Gasteiger charge is -2.19. The van der Waals surface area contributed by atoms with Crippen LogP contribution in [0.4, 0.5) is 0 Å². The summed E-state index contributed by atoms with van der Waals surface area (Å²) < 4.78 is 17.0. The summed E-state index contributed by atoms with van der Waals surface area (Å²) in [7, 11) is 0. The summed E-state index contributed by atoms with van der Waals surface area (Å²) in [4.78, 5) is 0. The molecule has 0 aromatic carbocycles. The number of rotatable bonds is 13. The van der Waals surface area contributed by atoms with E-state index in [1.807, 2.05) is 0 Å². The molecule has 2 unspecified atom stereocenters. The van der Waals surface area contributed by atoms with Crippen molar-refractivity contribution in [3.05, 3.63) is 12.7 Å². The van der Waals surface area contributed by atoms with Gasteiger partial charge in [0.2, 0.25) is 0 Å². The van der Waals surface area contributed by atoms with Gasteiger partial charge in [0, 0.05) is 13.2 Å². The van der Waals surface area contributed by atoms with E-state index in [1.54, 1.807) is 6.08 Å². The second kappa shape index (κ2) is 12.6. The van der Waals surface area contributed by atoms with E-state index in [0.717, 1.165) is 26.1 Å². The van der Waals surface area contributed by atoms with Gasteiger partial charge in [-0.3, -0.25) is 0 Å². The minimum Gasteiger partial charge on any atom is -0.378 e. The van der Waals surface area contributed by atoms with Crippen molar-refractivity contribution in [1.82, 2.24) is 0 Å². The molecule has 114 valence electrons. The van der Waals surface area contributed by atoms with Crippen molar-refractivity contribution in [3.8, 4) is 0 Å². The van der Waals surface area contributed by atoms with E-state index in [1.165, 1.54) is 0 Å². The molecule has 0 fully saturated rings. The minimum absolute atomic E-state index is 0.00566. The maximum absolute atomic E-state index is 5.69. The highest BCUT2D eigenvalue weighted by molar-refractivity contribution is 4.67. The quantitative estimate of drug-likeness (QED) is 0.479. The molecule has 19 heavy (non-hydrogen) atoms. The zero-order valence-corrected chi connectivity index (χ0v) is 13.2. The molecular formula is C16H32O3. The third kappa shape index (κ3) is 11.2. The van der Waals surface area contributed by atoms with Gasteiger partial charge in [0.15, 0.2) is 0 Å². The molecule has 0 rings (SSSR count). The van der Waals surface area contributed by atoms with Gasteiger partial charge in [-0.1, -0.05) is 46.6 Å². The van der Waals surface area contributed by atoms with Crippen LogP contribution in [0.15, 0.2) is 12.7 Å². The van der Waals surface area contributed by atoms with Crippen molar-refractivity contribution in [1.29, 1.82) is 0 Å². The predicted molar refractivity (Wildman–Crippen MR) is 80.5 cm³/mol. The second-order valence-electron chi connectivity index (χ2n) is 5.35. The topological polar surface area (TPSA) is 27.7 Å². The molecule has 2 atom stereocenters. The zero-order chi connectivity index (χ0) is 14.5. The van der Waals surface area contributed by atoms with Crippen molar-refractivity contribution in [3.63, 3.8) is 0 Å². The highest BCUT2D eigenvalue weighted by atomic mass is 16.6. The largest absolute Gasteiger partial charge is 0.378 e. The van der Waals surface area contributed by atoms with Gasteiger partial charge in [-0.25, -0.2) is 0 Å². The van der Waals surface area contributed by atoms with Gasteiger partial charge in [0.05, 0.1) is 19.8 Å². The molecule has 0 spiro atoms. The standard InChI is InChI=1S/C16H32O3/c1-6-9-19-16(12-17-10-14(4)7-2)13-18-11-15(5)8-3/h6,14-16H,1,7-13H2,2-5H3. The van der Waals surface area contributed by atoms with Gasteiger partial charge >= 0.3 is 0 Å². The van der Waals surface area contributed by atoms with Crippen LogP contribution in [-0.2, 0) is 14.2 Å². The van der Waals surface area contributed by atoms with Crippen LogP contribution in [0.2, 0.25) is 0 Å². The fourth-order valence-electron chi connectivity index (χ4n) is 1.39. The van der Waals surface area contributed by atoms with Crippen LogP contribution in [0.3, 0.4) is 0 Å². The molecule has 0 saturated heterocycles. The highest BCUT2D eigenvalue weighted by Crippen LogP contribution is 2.05. The van der Waals surface area contributed by atoms with Gasteiger partial charge in [0.25, 0.3) is 0 Å². The Bertz CT molecular complexity index is 190. The number of hydrogen-bond acceptors (Lipinski definition) is 3. The SMILES string of the molecule is C=CCOC(COCC(C)CC)COCC(C)CC. The number of hydrogen-bond donors (Lipinski definition) is 0. The van der Waals surface area contributed by atoms with Crippen molar-refractivity contribution < 1.29 is 14.2 Å². The highest BCUT2D eigenvalue weighted by Gasteiger charge is 2.11.